The van der Waals surface area contributed by atoms with E-state index >= 15 is 0 Å². The summed E-state index contributed by atoms with van der Waals surface area (Å²) >= 11 is 0. The molecule has 1 fully saturated rings. The summed E-state index contributed by atoms with van der Waals surface area (Å²) in [6.07, 6.45) is 3.60. The van der Waals surface area contributed by atoms with E-state index in [1.54, 1.807) is 6.08 Å². The largest absolute Gasteiger partial charge is 0.337 e. The molecule has 1 amide bonds. The summed E-state index contributed by atoms with van der Waals surface area (Å²) in [6, 6.07) is 8.09. The molecule has 0 aliphatic carbocycles. The van der Waals surface area contributed by atoms with E-state index in [4.69, 9.17) is 0 Å². The lowest BCUT2D eigenvalue weighted by atomic mass is 10.1. The van der Waals surface area contributed by atoms with Crippen LogP contribution < -0.4 is 0 Å². The molecule has 0 saturated carbocycles. The smallest absolute Gasteiger partial charge is 0.246 e. The first-order chi connectivity index (χ1) is 8.66. The van der Waals surface area contributed by atoms with E-state index < -0.39 is 0 Å². The number of piperazine rings is 1. The highest BCUT2D eigenvalue weighted by Crippen LogP contribution is 2.09. The molecular formula is C15H20N2O. The topological polar surface area (TPSA) is 23.6 Å². The Balaban J connectivity index is 1.97. The Labute approximate surface area is 109 Å². The Morgan fingerprint density at radius 2 is 1.83 bits per heavy atom. The second-order valence-electron chi connectivity index (χ2n) is 4.82. The second-order valence-corrected chi connectivity index (χ2v) is 4.82. The maximum atomic E-state index is 12.0. The minimum absolute atomic E-state index is 0.117. The number of benzene rings is 1. The molecule has 1 saturated heterocycles. The predicted octanol–water partition coefficient (Wildman–Crippen LogP) is 1.78. The third kappa shape index (κ3) is 3.20. The quantitative estimate of drug-likeness (QED) is 0.740. The Morgan fingerprint density at radius 1 is 1.17 bits per heavy atom. The molecule has 0 atom stereocenters. The normalized spacial score (nSPS) is 17.3. The summed E-state index contributed by atoms with van der Waals surface area (Å²) in [5.74, 6) is 0.117. The van der Waals surface area contributed by atoms with Gasteiger partial charge in [-0.25, -0.2) is 0 Å². The van der Waals surface area contributed by atoms with E-state index in [1.807, 2.05) is 29.2 Å². The lowest BCUT2D eigenvalue weighted by molar-refractivity contribution is -0.127. The third-order valence-corrected chi connectivity index (χ3v) is 3.41. The van der Waals surface area contributed by atoms with E-state index in [2.05, 4.69) is 24.9 Å². The number of rotatable bonds is 2. The molecule has 0 radical (unpaired) electrons. The van der Waals surface area contributed by atoms with Gasteiger partial charge in [-0.3, -0.25) is 4.79 Å². The van der Waals surface area contributed by atoms with Crippen molar-refractivity contribution in [1.29, 1.82) is 0 Å². The van der Waals surface area contributed by atoms with Crippen LogP contribution in [-0.4, -0.2) is 48.9 Å². The number of amides is 1. The number of likely N-dealkylation sites (N-methyl/N-ethyl adjacent to an activating group) is 1. The van der Waals surface area contributed by atoms with E-state index in [-0.39, 0.29) is 5.91 Å². The van der Waals surface area contributed by atoms with Crippen molar-refractivity contribution in [1.82, 2.24) is 9.80 Å². The number of hydrogen-bond donors (Lipinski definition) is 0. The van der Waals surface area contributed by atoms with Gasteiger partial charge >= 0.3 is 0 Å². The molecule has 1 aliphatic rings. The zero-order valence-electron chi connectivity index (χ0n) is 11.1. The van der Waals surface area contributed by atoms with Crippen LogP contribution in [0.1, 0.15) is 11.1 Å². The van der Waals surface area contributed by atoms with E-state index in [0.717, 1.165) is 31.7 Å². The van der Waals surface area contributed by atoms with Gasteiger partial charge in [0.05, 0.1) is 0 Å². The minimum atomic E-state index is 0.117. The number of aryl methyl sites for hydroxylation is 1. The number of carbonyl (C=O) groups is 1. The van der Waals surface area contributed by atoms with Crippen LogP contribution >= 0.6 is 0 Å². The monoisotopic (exact) mass is 244 g/mol. The maximum absolute atomic E-state index is 12.0. The molecule has 18 heavy (non-hydrogen) atoms. The maximum Gasteiger partial charge on any atom is 0.246 e. The lowest BCUT2D eigenvalue weighted by Crippen LogP contribution is -2.46. The molecule has 96 valence electrons. The Morgan fingerprint density at radius 3 is 2.50 bits per heavy atom. The van der Waals surface area contributed by atoms with E-state index in [1.165, 1.54) is 5.56 Å². The van der Waals surface area contributed by atoms with Crippen LogP contribution in [-0.2, 0) is 4.79 Å². The summed E-state index contributed by atoms with van der Waals surface area (Å²) in [5, 5.41) is 0. The van der Waals surface area contributed by atoms with Gasteiger partial charge in [0.2, 0.25) is 5.91 Å². The summed E-state index contributed by atoms with van der Waals surface area (Å²) in [7, 11) is 2.09. The van der Waals surface area contributed by atoms with Crippen LogP contribution in [0.5, 0.6) is 0 Å². The molecular weight excluding hydrogens is 224 g/mol. The molecule has 2 rings (SSSR count). The van der Waals surface area contributed by atoms with Crippen molar-refractivity contribution >= 4 is 12.0 Å². The SMILES string of the molecule is Cc1ccccc1C=CC(=O)N1CCN(C)CC1. The van der Waals surface area contributed by atoms with Gasteiger partial charge < -0.3 is 9.80 Å². The van der Waals surface area contributed by atoms with Crippen molar-refractivity contribution in [2.75, 3.05) is 33.2 Å². The number of hydrogen-bond acceptors (Lipinski definition) is 2. The predicted molar refractivity (Wildman–Crippen MR) is 74.3 cm³/mol. The zero-order chi connectivity index (χ0) is 13.0. The van der Waals surface area contributed by atoms with Gasteiger partial charge in [-0.2, -0.15) is 0 Å². The van der Waals surface area contributed by atoms with Gasteiger partial charge in [-0.15, -0.1) is 0 Å². The van der Waals surface area contributed by atoms with Gasteiger partial charge in [-0.1, -0.05) is 24.3 Å². The minimum Gasteiger partial charge on any atom is -0.337 e. The highest BCUT2D eigenvalue weighted by atomic mass is 16.2. The molecule has 1 aromatic carbocycles. The average Bonchev–Trinajstić information content (AvgIpc) is 2.38. The Bertz CT molecular complexity index is 446. The molecule has 1 heterocycles. The van der Waals surface area contributed by atoms with Crippen molar-refractivity contribution in [3.8, 4) is 0 Å². The number of carbonyl (C=O) groups excluding carboxylic acids is 1. The molecule has 1 aliphatic heterocycles. The molecule has 0 aromatic heterocycles. The summed E-state index contributed by atoms with van der Waals surface area (Å²) in [4.78, 5) is 16.2. The molecule has 3 heteroatoms. The summed E-state index contributed by atoms with van der Waals surface area (Å²) in [5.41, 5.74) is 2.31. The fourth-order valence-corrected chi connectivity index (χ4v) is 2.07. The molecule has 0 unspecified atom stereocenters. The molecule has 0 spiro atoms. The van der Waals surface area contributed by atoms with Crippen molar-refractivity contribution in [3.05, 3.63) is 41.5 Å². The van der Waals surface area contributed by atoms with Crippen LogP contribution in [0.15, 0.2) is 30.3 Å². The summed E-state index contributed by atoms with van der Waals surface area (Å²) < 4.78 is 0. The number of nitrogens with zero attached hydrogens (tertiary/aromatic N) is 2. The Kier molecular flexibility index (Phi) is 4.15. The molecule has 0 bridgehead atoms. The van der Waals surface area contributed by atoms with Crippen LogP contribution in [0.2, 0.25) is 0 Å². The molecule has 3 nitrogen and oxygen atoms in total. The third-order valence-electron chi connectivity index (χ3n) is 3.41. The van der Waals surface area contributed by atoms with Gasteiger partial charge in [0.15, 0.2) is 0 Å². The highest BCUT2D eigenvalue weighted by molar-refractivity contribution is 5.92. The lowest BCUT2D eigenvalue weighted by Gasteiger charge is -2.31. The van der Waals surface area contributed by atoms with Crippen LogP contribution in [0.25, 0.3) is 6.08 Å². The van der Waals surface area contributed by atoms with Crippen LogP contribution in [0, 0.1) is 6.92 Å². The first-order valence-electron chi connectivity index (χ1n) is 6.38. The van der Waals surface area contributed by atoms with Gasteiger partial charge in [0.25, 0.3) is 0 Å². The first kappa shape index (κ1) is 12.8. The van der Waals surface area contributed by atoms with Gasteiger partial charge in [0.1, 0.15) is 0 Å². The van der Waals surface area contributed by atoms with Crippen molar-refractivity contribution in [3.63, 3.8) is 0 Å². The second kappa shape index (κ2) is 5.83. The van der Waals surface area contributed by atoms with Crippen LogP contribution in [0.3, 0.4) is 0 Å². The van der Waals surface area contributed by atoms with Crippen molar-refractivity contribution in [2.45, 2.75) is 6.92 Å². The highest BCUT2D eigenvalue weighted by Gasteiger charge is 2.16. The van der Waals surface area contributed by atoms with E-state index in [9.17, 15) is 4.79 Å². The van der Waals surface area contributed by atoms with Gasteiger partial charge in [0, 0.05) is 32.3 Å². The van der Waals surface area contributed by atoms with Crippen molar-refractivity contribution in [2.24, 2.45) is 0 Å². The molecule has 0 N–H and O–H groups in total. The van der Waals surface area contributed by atoms with Crippen LogP contribution in [0.4, 0.5) is 0 Å². The Hall–Kier alpha value is -1.61. The van der Waals surface area contributed by atoms with Gasteiger partial charge in [-0.05, 0) is 31.2 Å². The fourth-order valence-electron chi connectivity index (χ4n) is 2.07. The first-order valence-corrected chi connectivity index (χ1v) is 6.38. The zero-order valence-corrected chi connectivity index (χ0v) is 11.1. The van der Waals surface area contributed by atoms with E-state index in [0.29, 0.717) is 0 Å². The fraction of sp³-hybridized carbons (Fsp3) is 0.400. The van der Waals surface area contributed by atoms with Crippen molar-refractivity contribution < 1.29 is 4.79 Å². The average molecular weight is 244 g/mol. The summed E-state index contributed by atoms with van der Waals surface area (Å²) in [6.45, 7) is 5.63. The standard InChI is InChI=1S/C15H20N2O/c1-13-5-3-4-6-14(13)7-8-15(18)17-11-9-16(2)10-12-17/h3-8H,9-12H2,1-2H3. The molecule has 1 aromatic rings.